The Kier molecular flexibility index (Phi) is 10.1. The molecule has 0 unspecified atom stereocenters. The number of benzene rings is 2. The smallest absolute Gasteiger partial charge is 0.323 e. The first-order valence-corrected chi connectivity index (χ1v) is 17.8. The third-order valence-corrected chi connectivity index (χ3v) is 12.8. The van der Waals surface area contributed by atoms with E-state index < -0.39 is 19.9 Å². The lowest BCUT2D eigenvalue weighted by Crippen LogP contribution is -2.41. The Bertz CT molecular complexity index is 1650. The number of hydrogen-bond donors (Lipinski definition) is 2. The molecule has 0 bridgehead atoms. The van der Waals surface area contributed by atoms with Gasteiger partial charge in [-0.15, -0.1) is 0 Å². The molecular weight excluding hydrogens is 601 g/mol. The fourth-order valence-corrected chi connectivity index (χ4v) is 5.65. The maximum absolute atomic E-state index is 13.0. The van der Waals surface area contributed by atoms with Crippen LogP contribution in [0.15, 0.2) is 71.8 Å². The molecule has 0 saturated carbocycles. The van der Waals surface area contributed by atoms with Gasteiger partial charge in [0.15, 0.2) is 8.32 Å². The molecule has 4 aromatic rings. The summed E-state index contributed by atoms with van der Waals surface area (Å²) in [6.07, 6.45) is 3.59. The first kappa shape index (κ1) is 32.4. The minimum atomic E-state index is -1.77. The van der Waals surface area contributed by atoms with Crippen molar-refractivity contribution in [2.75, 3.05) is 17.2 Å². The van der Waals surface area contributed by atoms with Gasteiger partial charge < -0.3 is 15.1 Å². The molecule has 2 amide bonds. The molecule has 0 saturated heterocycles. The summed E-state index contributed by atoms with van der Waals surface area (Å²) in [6, 6.07) is 17.3. The van der Waals surface area contributed by atoms with Crippen molar-refractivity contribution in [2.45, 2.75) is 58.8 Å². The third-order valence-electron chi connectivity index (χ3n) is 7.72. The normalized spacial score (nSPS) is 11.8. The lowest BCUT2D eigenvalue weighted by Gasteiger charge is -2.36. The van der Waals surface area contributed by atoms with Crippen LogP contribution < -0.4 is 16.2 Å². The number of hydrogen-bond acceptors (Lipinski definition) is 5. The molecule has 2 heterocycles. The highest BCUT2D eigenvalue weighted by Crippen LogP contribution is 2.36. The van der Waals surface area contributed by atoms with Crippen LogP contribution in [0, 0.1) is 0 Å². The first-order valence-electron chi connectivity index (χ1n) is 14.1. The van der Waals surface area contributed by atoms with Gasteiger partial charge in [-0.2, -0.15) is 5.10 Å². The zero-order chi connectivity index (χ0) is 31.4. The van der Waals surface area contributed by atoms with Gasteiger partial charge in [0.05, 0.1) is 21.4 Å². The van der Waals surface area contributed by atoms with Crippen LogP contribution in [0.1, 0.15) is 33.3 Å². The number of carbonyl (C=O) groups is 1. The van der Waals surface area contributed by atoms with Crippen molar-refractivity contribution < 1.29 is 9.22 Å². The Labute approximate surface area is 263 Å². The molecule has 43 heavy (non-hydrogen) atoms. The standard InChI is InChI=1S/C32H37Cl2N5O3Si/c1-7-39-30(40)28(36-31(41)37-29-25(33)19-35-20-26(29)34)18-27(38-39)24-10-8-9-23(17-24)22-13-11-21(12-14-22)15-16-42-43(5,6)32(2,3)4/h8-14,17-20H,7,15-16H2,1-6H3,(H2,35,36,37,41). The van der Waals surface area contributed by atoms with Gasteiger partial charge in [0.1, 0.15) is 5.69 Å². The van der Waals surface area contributed by atoms with Gasteiger partial charge in [-0.25, -0.2) is 9.48 Å². The molecule has 0 spiro atoms. The predicted molar refractivity (Wildman–Crippen MR) is 179 cm³/mol. The monoisotopic (exact) mass is 637 g/mol. The molecule has 0 aliphatic rings. The summed E-state index contributed by atoms with van der Waals surface area (Å²) in [5.74, 6) is 0. The van der Waals surface area contributed by atoms with Gasteiger partial charge in [-0.05, 0) is 60.3 Å². The first-order chi connectivity index (χ1) is 20.3. The summed E-state index contributed by atoms with van der Waals surface area (Å²) in [6.45, 7) is 14.1. The molecule has 0 atom stereocenters. The van der Waals surface area contributed by atoms with Crippen LogP contribution in [0.25, 0.3) is 22.4 Å². The molecule has 2 N–H and O–H groups in total. The molecule has 0 radical (unpaired) electrons. The molecule has 2 aromatic heterocycles. The van der Waals surface area contributed by atoms with E-state index >= 15 is 0 Å². The molecule has 4 rings (SSSR count). The maximum atomic E-state index is 13.0. The molecule has 2 aromatic carbocycles. The number of aromatic nitrogens is 3. The topological polar surface area (TPSA) is 98.1 Å². The van der Waals surface area contributed by atoms with Crippen molar-refractivity contribution in [1.29, 1.82) is 0 Å². The summed E-state index contributed by atoms with van der Waals surface area (Å²) < 4.78 is 7.65. The number of rotatable bonds is 9. The van der Waals surface area contributed by atoms with Crippen molar-refractivity contribution in [3.63, 3.8) is 0 Å². The quantitative estimate of drug-likeness (QED) is 0.179. The zero-order valence-electron chi connectivity index (χ0n) is 25.3. The van der Waals surface area contributed by atoms with E-state index in [1.54, 1.807) is 6.07 Å². The van der Waals surface area contributed by atoms with Crippen molar-refractivity contribution in [2.24, 2.45) is 0 Å². The second kappa shape index (κ2) is 13.4. The van der Waals surface area contributed by atoms with E-state index in [0.717, 1.165) is 23.1 Å². The van der Waals surface area contributed by atoms with Crippen molar-refractivity contribution in [3.8, 4) is 22.4 Å². The number of anilines is 2. The van der Waals surface area contributed by atoms with E-state index in [4.69, 9.17) is 27.6 Å². The molecule has 226 valence electrons. The number of nitrogens with zero attached hydrogens (tertiary/aromatic N) is 3. The van der Waals surface area contributed by atoms with Crippen molar-refractivity contribution in [1.82, 2.24) is 14.8 Å². The van der Waals surface area contributed by atoms with E-state index in [1.165, 1.54) is 22.6 Å². The highest BCUT2D eigenvalue weighted by molar-refractivity contribution is 6.74. The highest BCUT2D eigenvalue weighted by Gasteiger charge is 2.36. The lowest BCUT2D eigenvalue weighted by molar-refractivity contribution is 0.262. The van der Waals surface area contributed by atoms with Crippen molar-refractivity contribution in [3.05, 3.63) is 93.0 Å². The van der Waals surface area contributed by atoms with Gasteiger partial charge in [0.2, 0.25) is 0 Å². The Morgan fingerprint density at radius 3 is 2.23 bits per heavy atom. The number of halogens is 2. The predicted octanol–water partition coefficient (Wildman–Crippen LogP) is 8.51. The van der Waals surface area contributed by atoms with E-state index in [2.05, 4.69) is 78.8 Å². The third kappa shape index (κ3) is 7.91. The van der Waals surface area contributed by atoms with Crippen molar-refractivity contribution >= 4 is 48.9 Å². The summed E-state index contributed by atoms with van der Waals surface area (Å²) in [5.41, 5.74) is 4.46. The summed E-state index contributed by atoms with van der Waals surface area (Å²) in [7, 11) is -1.77. The van der Waals surface area contributed by atoms with Crippen LogP contribution in [-0.2, 0) is 17.4 Å². The van der Waals surface area contributed by atoms with E-state index in [0.29, 0.717) is 18.8 Å². The maximum Gasteiger partial charge on any atom is 0.323 e. The Morgan fingerprint density at radius 2 is 1.60 bits per heavy atom. The fraction of sp³-hybridized carbons (Fsp3) is 0.312. The zero-order valence-corrected chi connectivity index (χ0v) is 27.8. The van der Waals surface area contributed by atoms with Crippen LogP contribution in [0.2, 0.25) is 28.2 Å². The van der Waals surface area contributed by atoms with Gasteiger partial charge in [-0.3, -0.25) is 9.78 Å². The van der Waals surface area contributed by atoms with E-state index in [9.17, 15) is 9.59 Å². The Hall–Kier alpha value is -3.50. The number of nitrogens with one attached hydrogen (secondary N) is 2. The van der Waals surface area contributed by atoms with Gasteiger partial charge in [0, 0.05) is 31.1 Å². The summed E-state index contributed by atoms with van der Waals surface area (Å²) >= 11 is 12.2. The fourth-order valence-electron chi connectivity index (χ4n) is 4.15. The number of aryl methyl sites for hydroxylation is 1. The number of carbonyl (C=O) groups excluding carboxylic acids is 1. The second-order valence-electron chi connectivity index (χ2n) is 11.8. The minimum Gasteiger partial charge on any atom is -0.416 e. The minimum absolute atomic E-state index is 0.0697. The average Bonchev–Trinajstić information content (AvgIpc) is 2.96. The highest BCUT2D eigenvalue weighted by atomic mass is 35.5. The molecule has 0 aliphatic heterocycles. The largest absolute Gasteiger partial charge is 0.416 e. The number of pyridine rings is 1. The van der Waals surface area contributed by atoms with Gasteiger partial charge in [-0.1, -0.05) is 86.4 Å². The molecule has 11 heteroatoms. The summed E-state index contributed by atoms with van der Waals surface area (Å²) in [5, 5.41) is 10.3. The lowest BCUT2D eigenvalue weighted by atomic mass is 10.00. The SMILES string of the molecule is CCn1nc(-c2cccc(-c3ccc(CCO[Si](C)(C)C(C)(C)C)cc3)c2)cc(NC(=O)Nc2c(Cl)cncc2Cl)c1=O. The molecule has 0 aliphatic carbocycles. The second-order valence-corrected chi connectivity index (χ2v) is 17.4. The number of amides is 2. The van der Waals surface area contributed by atoms with Crippen LogP contribution >= 0.6 is 23.2 Å². The molecule has 0 fully saturated rings. The number of urea groups is 1. The molecular formula is C32H37Cl2N5O3Si. The summed E-state index contributed by atoms with van der Waals surface area (Å²) in [4.78, 5) is 29.6. The van der Waals surface area contributed by atoms with E-state index in [1.807, 2.05) is 31.2 Å². The average molecular weight is 639 g/mol. The van der Waals surface area contributed by atoms with Gasteiger partial charge in [0.25, 0.3) is 5.56 Å². The van der Waals surface area contributed by atoms with Gasteiger partial charge >= 0.3 is 6.03 Å². The Balaban J connectivity index is 1.52. The Morgan fingerprint density at radius 1 is 0.953 bits per heavy atom. The molecule has 8 nitrogen and oxygen atoms in total. The van der Waals surface area contributed by atoms with Crippen LogP contribution in [0.4, 0.5) is 16.2 Å². The van der Waals surface area contributed by atoms with E-state index in [-0.39, 0.29) is 26.5 Å². The van der Waals surface area contributed by atoms with Crippen LogP contribution in [-0.4, -0.2) is 35.7 Å². The van der Waals surface area contributed by atoms with Crippen LogP contribution in [0.3, 0.4) is 0 Å². The van der Waals surface area contributed by atoms with Crippen LogP contribution in [0.5, 0.6) is 0 Å².